The van der Waals surface area contributed by atoms with Crippen molar-refractivity contribution in [3.63, 3.8) is 0 Å². The zero-order valence-corrected chi connectivity index (χ0v) is 16.3. The number of nitrogens with zero attached hydrogens (tertiary/aromatic N) is 2. The standard InChI is InChI=1S/C23H24N2O3/c1-26-21-14-19(15-22(27-2)23(21)28-3)16-24-25(20-12-8-5-9-13-20)17-18-10-6-4-7-11-18/h4-16H,17H2,1-3H3/b24-16+. The first-order valence-electron chi connectivity index (χ1n) is 8.95. The molecule has 0 radical (unpaired) electrons. The van der Waals surface area contributed by atoms with Crippen LogP contribution in [0, 0.1) is 0 Å². The third-order valence-corrected chi connectivity index (χ3v) is 4.26. The van der Waals surface area contributed by atoms with E-state index in [2.05, 4.69) is 12.1 Å². The molecule has 0 N–H and O–H groups in total. The lowest BCUT2D eigenvalue weighted by molar-refractivity contribution is 0.324. The van der Waals surface area contributed by atoms with Gasteiger partial charge in [-0.3, -0.25) is 5.01 Å². The highest BCUT2D eigenvalue weighted by Crippen LogP contribution is 2.37. The Hall–Kier alpha value is -3.47. The molecule has 5 heteroatoms. The van der Waals surface area contributed by atoms with Crippen LogP contribution in [0.1, 0.15) is 11.1 Å². The molecule has 0 aliphatic heterocycles. The van der Waals surface area contributed by atoms with Gasteiger partial charge in [0.1, 0.15) is 0 Å². The topological polar surface area (TPSA) is 43.3 Å². The maximum absolute atomic E-state index is 5.43. The molecule has 0 aromatic heterocycles. The molecule has 0 fully saturated rings. The summed E-state index contributed by atoms with van der Waals surface area (Å²) in [5, 5.41) is 6.68. The average molecular weight is 376 g/mol. The van der Waals surface area contributed by atoms with Gasteiger partial charge in [-0.25, -0.2) is 0 Å². The van der Waals surface area contributed by atoms with Gasteiger partial charge in [-0.15, -0.1) is 0 Å². The van der Waals surface area contributed by atoms with Crippen LogP contribution in [0.5, 0.6) is 17.2 Å². The summed E-state index contributed by atoms with van der Waals surface area (Å²) in [6.07, 6.45) is 1.79. The summed E-state index contributed by atoms with van der Waals surface area (Å²) in [6, 6.07) is 24.1. The van der Waals surface area contributed by atoms with Crippen molar-refractivity contribution >= 4 is 11.9 Å². The van der Waals surface area contributed by atoms with E-state index in [0.717, 1.165) is 11.3 Å². The third-order valence-electron chi connectivity index (χ3n) is 4.26. The second-order valence-electron chi connectivity index (χ2n) is 6.08. The van der Waals surface area contributed by atoms with Crippen molar-refractivity contribution in [2.45, 2.75) is 6.54 Å². The first-order valence-corrected chi connectivity index (χ1v) is 8.95. The number of para-hydroxylation sites is 1. The van der Waals surface area contributed by atoms with Crippen LogP contribution < -0.4 is 19.2 Å². The highest BCUT2D eigenvalue weighted by Gasteiger charge is 2.13. The molecule has 0 aliphatic rings. The summed E-state index contributed by atoms with van der Waals surface area (Å²) in [5.74, 6) is 1.75. The Kier molecular flexibility index (Phi) is 6.52. The molecule has 0 saturated carbocycles. The predicted octanol–water partition coefficient (Wildman–Crippen LogP) is 4.75. The van der Waals surface area contributed by atoms with Crippen LogP contribution in [0.2, 0.25) is 0 Å². The Balaban J connectivity index is 1.93. The van der Waals surface area contributed by atoms with Gasteiger partial charge in [-0.2, -0.15) is 5.10 Å². The minimum Gasteiger partial charge on any atom is -0.493 e. The number of ether oxygens (including phenoxy) is 3. The van der Waals surface area contributed by atoms with Gasteiger partial charge >= 0.3 is 0 Å². The van der Waals surface area contributed by atoms with E-state index in [4.69, 9.17) is 19.3 Å². The summed E-state index contributed by atoms with van der Waals surface area (Å²) < 4.78 is 16.2. The van der Waals surface area contributed by atoms with Crippen molar-refractivity contribution in [1.82, 2.24) is 0 Å². The average Bonchev–Trinajstić information content (AvgIpc) is 2.77. The van der Waals surface area contributed by atoms with Crippen LogP contribution in [0.15, 0.2) is 77.9 Å². The maximum atomic E-state index is 5.43. The van der Waals surface area contributed by atoms with Crippen LogP contribution >= 0.6 is 0 Å². The van der Waals surface area contributed by atoms with E-state index in [-0.39, 0.29) is 0 Å². The highest BCUT2D eigenvalue weighted by atomic mass is 16.5. The van der Waals surface area contributed by atoms with Crippen molar-refractivity contribution in [2.75, 3.05) is 26.3 Å². The molecule has 3 rings (SSSR count). The van der Waals surface area contributed by atoms with Crippen LogP contribution in [0.25, 0.3) is 0 Å². The van der Waals surface area contributed by atoms with Crippen LogP contribution in [-0.2, 0) is 6.54 Å². The number of hydrogen-bond acceptors (Lipinski definition) is 5. The number of rotatable bonds is 8. The second kappa shape index (κ2) is 9.46. The Morgan fingerprint density at radius 1 is 0.786 bits per heavy atom. The second-order valence-corrected chi connectivity index (χ2v) is 6.08. The molecule has 5 nitrogen and oxygen atoms in total. The fourth-order valence-corrected chi connectivity index (χ4v) is 2.87. The number of hydrazone groups is 1. The summed E-state index contributed by atoms with van der Waals surface area (Å²) in [5.41, 5.74) is 3.03. The van der Waals surface area contributed by atoms with Gasteiger partial charge in [-0.05, 0) is 29.8 Å². The summed E-state index contributed by atoms with van der Waals surface area (Å²) in [7, 11) is 4.79. The molecule has 28 heavy (non-hydrogen) atoms. The van der Waals surface area contributed by atoms with Crippen molar-refractivity contribution in [3.05, 3.63) is 83.9 Å². The van der Waals surface area contributed by atoms with Crippen molar-refractivity contribution in [3.8, 4) is 17.2 Å². The molecule has 0 aliphatic carbocycles. The Bertz CT molecular complexity index is 887. The molecule has 3 aromatic rings. The molecule has 0 heterocycles. The minimum absolute atomic E-state index is 0.561. The Labute approximate surface area is 165 Å². The number of anilines is 1. The lowest BCUT2D eigenvalue weighted by Crippen LogP contribution is -2.16. The molecule has 3 aromatic carbocycles. The fourth-order valence-electron chi connectivity index (χ4n) is 2.87. The largest absolute Gasteiger partial charge is 0.493 e. The molecule has 0 spiro atoms. The van der Waals surface area contributed by atoms with Gasteiger partial charge in [0.05, 0.1) is 39.8 Å². The Morgan fingerprint density at radius 2 is 1.36 bits per heavy atom. The molecule has 0 unspecified atom stereocenters. The maximum Gasteiger partial charge on any atom is 0.203 e. The molecular formula is C23H24N2O3. The fraction of sp³-hybridized carbons (Fsp3) is 0.174. The van der Waals surface area contributed by atoms with E-state index in [1.807, 2.05) is 65.7 Å². The summed E-state index contributed by atoms with van der Waals surface area (Å²) in [6.45, 7) is 0.659. The van der Waals surface area contributed by atoms with Crippen molar-refractivity contribution in [1.29, 1.82) is 0 Å². The van der Waals surface area contributed by atoms with E-state index < -0.39 is 0 Å². The molecule has 0 saturated heterocycles. The normalized spacial score (nSPS) is 10.7. The highest BCUT2D eigenvalue weighted by molar-refractivity contribution is 5.83. The van der Waals surface area contributed by atoms with E-state index in [0.29, 0.717) is 23.8 Å². The smallest absolute Gasteiger partial charge is 0.203 e. The molecular weight excluding hydrogens is 352 g/mol. The van der Waals surface area contributed by atoms with E-state index in [9.17, 15) is 0 Å². The molecule has 0 bridgehead atoms. The van der Waals surface area contributed by atoms with E-state index in [1.54, 1.807) is 27.5 Å². The Morgan fingerprint density at radius 3 is 1.89 bits per heavy atom. The minimum atomic E-state index is 0.561. The lowest BCUT2D eigenvalue weighted by Gasteiger charge is -2.19. The van der Waals surface area contributed by atoms with Gasteiger partial charge in [0, 0.05) is 5.56 Å². The molecule has 0 amide bonds. The van der Waals surface area contributed by atoms with Gasteiger partial charge < -0.3 is 14.2 Å². The molecule has 144 valence electrons. The quantitative estimate of drug-likeness (QED) is 0.420. The zero-order chi connectivity index (χ0) is 19.8. The van der Waals surface area contributed by atoms with Crippen LogP contribution in [0.3, 0.4) is 0 Å². The summed E-state index contributed by atoms with van der Waals surface area (Å²) >= 11 is 0. The number of hydrogen-bond donors (Lipinski definition) is 0. The van der Waals surface area contributed by atoms with Crippen LogP contribution in [-0.4, -0.2) is 27.5 Å². The van der Waals surface area contributed by atoms with Gasteiger partial charge in [0.25, 0.3) is 0 Å². The molecule has 0 atom stereocenters. The van der Waals surface area contributed by atoms with E-state index in [1.165, 1.54) is 5.56 Å². The lowest BCUT2D eigenvalue weighted by atomic mass is 10.2. The van der Waals surface area contributed by atoms with Crippen LogP contribution in [0.4, 0.5) is 5.69 Å². The summed E-state index contributed by atoms with van der Waals surface area (Å²) in [4.78, 5) is 0. The SMILES string of the molecule is COc1cc(/C=N/N(Cc2ccccc2)c2ccccc2)cc(OC)c1OC. The third kappa shape index (κ3) is 4.62. The van der Waals surface area contributed by atoms with Crippen molar-refractivity contribution < 1.29 is 14.2 Å². The van der Waals surface area contributed by atoms with Gasteiger partial charge in [0.2, 0.25) is 5.75 Å². The first kappa shape index (κ1) is 19.3. The van der Waals surface area contributed by atoms with Crippen molar-refractivity contribution in [2.24, 2.45) is 5.10 Å². The predicted molar refractivity (Wildman–Crippen MR) is 113 cm³/mol. The van der Waals surface area contributed by atoms with Gasteiger partial charge in [-0.1, -0.05) is 48.5 Å². The monoisotopic (exact) mass is 376 g/mol. The first-order chi connectivity index (χ1) is 13.7. The number of benzene rings is 3. The van der Waals surface area contributed by atoms with E-state index >= 15 is 0 Å². The zero-order valence-electron chi connectivity index (χ0n) is 16.3. The number of methoxy groups -OCH3 is 3. The van der Waals surface area contributed by atoms with Gasteiger partial charge in [0.15, 0.2) is 11.5 Å².